The van der Waals surface area contributed by atoms with Gasteiger partial charge in [-0.25, -0.2) is 27.4 Å². The summed E-state index contributed by atoms with van der Waals surface area (Å²) in [6.45, 7) is 2.07. The predicted molar refractivity (Wildman–Crippen MR) is 135 cm³/mol. The molecule has 0 radical (unpaired) electrons. The topological polar surface area (TPSA) is 87.0 Å². The third-order valence-electron chi connectivity index (χ3n) is 7.09. The van der Waals surface area contributed by atoms with Gasteiger partial charge in [-0.15, -0.1) is 0 Å². The first-order valence-corrected chi connectivity index (χ1v) is 12.8. The number of aromatic nitrogens is 1. The maximum absolute atomic E-state index is 13.4. The van der Waals surface area contributed by atoms with Crippen LogP contribution in [0.2, 0.25) is 0 Å². The van der Waals surface area contributed by atoms with E-state index in [0.29, 0.717) is 37.7 Å². The number of piperazine rings is 1. The lowest BCUT2D eigenvalue weighted by molar-refractivity contribution is -0.737. The van der Waals surface area contributed by atoms with Crippen molar-refractivity contribution in [3.8, 4) is 0 Å². The molecule has 2 aliphatic rings. The van der Waals surface area contributed by atoms with E-state index in [1.807, 2.05) is 4.90 Å². The van der Waals surface area contributed by atoms with Crippen molar-refractivity contribution in [3.63, 3.8) is 0 Å². The van der Waals surface area contributed by atoms with Crippen LogP contribution >= 0.6 is 0 Å². The Bertz CT molecular complexity index is 1120. The molecule has 1 amide bonds. The van der Waals surface area contributed by atoms with Gasteiger partial charge in [-0.3, -0.25) is 4.79 Å². The molecular formula is C26H32F4N5O4+. The number of benzene rings is 1. The SMILES string of the molecule is CO[N+](=O)c1ccc(NC2CCC(OCC(=O)N3CCN(c4ccc(C(F)F)cn4)CC3)CC2)cc1C(F)F. The summed E-state index contributed by atoms with van der Waals surface area (Å²) in [7, 11) is 1.11. The molecule has 1 aromatic heterocycles. The molecule has 2 fully saturated rings. The first-order chi connectivity index (χ1) is 18.7. The highest BCUT2D eigenvalue weighted by molar-refractivity contribution is 5.77. The molecule has 0 bridgehead atoms. The van der Waals surface area contributed by atoms with Crippen LogP contribution in [0.1, 0.15) is 49.7 Å². The van der Waals surface area contributed by atoms with Crippen LogP contribution in [0.3, 0.4) is 0 Å². The van der Waals surface area contributed by atoms with E-state index in [4.69, 9.17) is 4.74 Å². The quantitative estimate of drug-likeness (QED) is 0.326. The maximum Gasteiger partial charge on any atom is 0.325 e. The van der Waals surface area contributed by atoms with E-state index in [0.717, 1.165) is 32.8 Å². The molecule has 1 saturated carbocycles. The molecule has 1 aliphatic carbocycles. The van der Waals surface area contributed by atoms with Gasteiger partial charge >= 0.3 is 5.69 Å². The number of halogens is 4. The van der Waals surface area contributed by atoms with E-state index < -0.39 is 18.4 Å². The molecule has 39 heavy (non-hydrogen) atoms. The Morgan fingerprint density at radius 1 is 1.05 bits per heavy atom. The third kappa shape index (κ3) is 7.34. The summed E-state index contributed by atoms with van der Waals surface area (Å²) in [5.74, 6) is 0.510. The monoisotopic (exact) mass is 554 g/mol. The second-order valence-corrected chi connectivity index (χ2v) is 9.56. The van der Waals surface area contributed by atoms with Gasteiger partial charge in [0.05, 0.1) is 11.0 Å². The molecule has 1 N–H and O–H groups in total. The number of amides is 1. The number of hydrogen-bond donors (Lipinski definition) is 1. The minimum absolute atomic E-state index is 0.0193. The molecule has 13 heteroatoms. The van der Waals surface area contributed by atoms with Crippen molar-refractivity contribution in [3.05, 3.63) is 52.6 Å². The number of alkyl halides is 4. The smallest absolute Gasteiger partial charge is 0.325 e. The van der Waals surface area contributed by atoms with E-state index in [9.17, 15) is 27.3 Å². The zero-order valence-electron chi connectivity index (χ0n) is 21.6. The minimum atomic E-state index is -2.82. The number of ether oxygens (including phenoxy) is 1. The van der Waals surface area contributed by atoms with Crippen molar-refractivity contribution in [2.24, 2.45) is 0 Å². The largest absolute Gasteiger partial charge is 0.382 e. The highest BCUT2D eigenvalue weighted by Crippen LogP contribution is 2.33. The molecular weight excluding hydrogens is 522 g/mol. The van der Waals surface area contributed by atoms with Gasteiger partial charge in [0, 0.05) is 55.7 Å². The third-order valence-corrected chi connectivity index (χ3v) is 7.09. The normalized spacial score (nSPS) is 19.9. The summed E-state index contributed by atoms with van der Waals surface area (Å²) in [6, 6.07) is 7.13. The fourth-order valence-corrected chi connectivity index (χ4v) is 4.87. The Labute approximate surface area is 223 Å². The Morgan fingerprint density at radius 3 is 2.36 bits per heavy atom. The molecule has 2 aromatic rings. The number of carbonyl (C=O) groups is 1. The van der Waals surface area contributed by atoms with Crippen molar-refractivity contribution in [2.45, 2.75) is 50.7 Å². The number of pyridine rings is 1. The van der Waals surface area contributed by atoms with Gasteiger partial charge in [0.2, 0.25) is 5.91 Å². The molecule has 1 saturated heterocycles. The van der Waals surface area contributed by atoms with E-state index >= 15 is 0 Å². The molecule has 0 spiro atoms. The van der Waals surface area contributed by atoms with Crippen LogP contribution in [0.15, 0.2) is 36.5 Å². The lowest BCUT2D eigenvalue weighted by Gasteiger charge is -2.36. The fraction of sp³-hybridized carbons (Fsp3) is 0.538. The molecule has 0 atom stereocenters. The standard InChI is InChI=1S/C26H32F4N5O4/c1-38-35(37)22-8-5-19(14-21(22)26(29)30)32-18-3-6-20(7-4-18)39-16-24(36)34-12-10-33(11-13-34)23-9-2-17(15-31-23)25(27)28/h2,5,8-9,14-15,18,20,25-26,32H,3-4,6-7,10-13,16H2,1H3/q+1. The predicted octanol–water partition coefficient (Wildman–Crippen LogP) is 5.02. The zero-order valence-corrected chi connectivity index (χ0v) is 21.6. The molecule has 2 heterocycles. The van der Waals surface area contributed by atoms with Gasteiger partial charge in [0.15, 0.2) is 7.11 Å². The summed E-state index contributed by atoms with van der Waals surface area (Å²) in [4.78, 5) is 36.7. The zero-order chi connectivity index (χ0) is 27.9. The molecule has 0 unspecified atom stereocenters. The number of nitrogens with one attached hydrogen (secondary N) is 1. The van der Waals surface area contributed by atoms with E-state index in [1.165, 1.54) is 24.4 Å². The number of nitrogens with zero attached hydrogens (tertiary/aromatic N) is 4. The molecule has 9 nitrogen and oxygen atoms in total. The lowest BCUT2D eigenvalue weighted by atomic mass is 9.92. The van der Waals surface area contributed by atoms with Crippen molar-refractivity contribution < 1.29 is 36.9 Å². The summed E-state index contributed by atoms with van der Waals surface area (Å²) in [5.41, 5.74) is -0.267. The fourth-order valence-electron chi connectivity index (χ4n) is 4.87. The van der Waals surface area contributed by atoms with E-state index in [1.54, 1.807) is 17.0 Å². The number of rotatable bonds is 10. The maximum atomic E-state index is 13.4. The van der Waals surface area contributed by atoms with Gasteiger partial charge in [-0.1, -0.05) is 0 Å². The first-order valence-electron chi connectivity index (χ1n) is 12.8. The van der Waals surface area contributed by atoms with Crippen molar-refractivity contribution in [2.75, 3.05) is 50.1 Å². The van der Waals surface area contributed by atoms with Crippen molar-refractivity contribution in [1.82, 2.24) is 9.88 Å². The van der Waals surface area contributed by atoms with E-state index in [2.05, 4.69) is 15.1 Å². The van der Waals surface area contributed by atoms with Crippen molar-refractivity contribution >= 4 is 23.1 Å². The van der Waals surface area contributed by atoms with Gasteiger partial charge < -0.3 is 19.9 Å². The van der Waals surface area contributed by atoms with Crippen molar-refractivity contribution in [1.29, 1.82) is 0 Å². The highest BCUT2D eigenvalue weighted by Gasteiger charge is 2.29. The molecule has 1 aromatic carbocycles. The van der Waals surface area contributed by atoms with Gasteiger partial charge in [-0.2, -0.15) is 0 Å². The van der Waals surface area contributed by atoms with Gasteiger partial charge in [0.25, 0.3) is 17.8 Å². The van der Waals surface area contributed by atoms with Crippen LogP contribution in [0.5, 0.6) is 0 Å². The first kappa shape index (κ1) is 28.5. The van der Waals surface area contributed by atoms with Crippen LogP contribution in [0.4, 0.5) is 34.8 Å². The Morgan fingerprint density at radius 2 is 1.77 bits per heavy atom. The van der Waals surface area contributed by atoms with Crippen LogP contribution in [-0.2, 0) is 14.4 Å². The molecule has 212 valence electrons. The Balaban J connectivity index is 1.18. The summed E-state index contributed by atoms with van der Waals surface area (Å²) < 4.78 is 58.2. The van der Waals surface area contributed by atoms with Crippen LogP contribution in [0.25, 0.3) is 0 Å². The summed E-state index contributed by atoms with van der Waals surface area (Å²) in [6.07, 6.45) is -1.35. The minimum Gasteiger partial charge on any atom is -0.382 e. The number of anilines is 2. The Hall–Kier alpha value is -3.48. The second-order valence-electron chi connectivity index (χ2n) is 9.56. The number of carbonyl (C=O) groups excluding carboxylic acids is 1. The van der Waals surface area contributed by atoms with E-state index in [-0.39, 0.29) is 40.8 Å². The molecule has 4 rings (SSSR count). The highest BCUT2D eigenvalue weighted by atomic mass is 19.3. The second kappa shape index (κ2) is 13.0. The van der Waals surface area contributed by atoms with Gasteiger partial charge in [-0.05, 0) is 49.9 Å². The lowest BCUT2D eigenvalue weighted by Crippen LogP contribution is -2.50. The van der Waals surface area contributed by atoms with Crippen LogP contribution in [0, 0.1) is 4.91 Å². The average molecular weight is 555 g/mol. The summed E-state index contributed by atoms with van der Waals surface area (Å²) in [5, 5.41) is 3.25. The van der Waals surface area contributed by atoms with Crippen LogP contribution < -0.4 is 10.2 Å². The molecule has 1 aliphatic heterocycles. The average Bonchev–Trinajstić information content (AvgIpc) is 2.96. The summed E-state index contributed by atoms with van der Waals surface area (Å²) >= 11 is 0. The van der Waals surface area contributed by atoms with Crippen LogP contribution in [-0.4, -0.2) is 72.8 Å². The Kier molecular flexibility index (Phi) is 9.54. The number of hydrogen-bond acceptors (Lipinski definition) is 7. The van der Waals surface area contributed by atoms with Gasteiger partial charge in [0.1, 0.15) is 18.0 Å².